The SMILES string of the molecule is Cc1cccc(/C=C(\NC(=O)c2ccccc2)C(=O)Nc2ccc(SC(C)C(=O)Nc3ccc(Cl)c(C(=O)O)c3)cc2)c1. The van der Waals surface area contributed by atoms with Crippen molar-refractivity contribution in [2.45, 2.75) is 24.0 Å². The van der Waals surface area contributed by atoms with E-state index >= 15 is 0 Å². The molecule has 43 heavy (non-hydrogen) atoms. The molecule has 4 aromatic carbocycles. The van der Waals surface area contributed by atoms with Crippen molar-refractivity contribution in [3.63, 3.8) is 0 Å². The summed E-state index contributed by atoms with van der Waals surface area (Å²) < 4.78 is 0. The molecule has 8 nitrogen and oxygen atoms in total. The van der Waals surface area contributed by atoms with Gasteiger partial charge in [-0.3, -0.25) is 14.4 Å². The molecule has 0 fully saturated rings. The molecule has 0 aliphatic heterocycles. The summed E-state index contributed by atoms with van der Waals surface area (Å²) in [4.78, 5) is 50.9. The number of hydrogen-bond donors (Lipinski definition) is 4. The van der Waals surface area contributed by atoms with Gasteiger partial charge < -0.3 is 21.1 Å². The normalized spacial score (nSPS) is 11.7. The van der Waals surface area contributed by atoms with Crippen molar-refractivity contribution < 1.29 is 24.3 Å². The third-order valence-corrected chi connectivity index (χ3v) is 7.58. The maximum atomic E-state index is 13.3. The number of aromatic carboxylic acids is 1. The van der Waals surface area contributed by atoms with E-state index in [0.717, 1.165) is 16.0 Å². The van der Waals surface area contributed by atoms with Crippen LogP contribution < -0.4 is 16.0 Å². The molecule has 0 aliphatic rings. The molecule has 4 aromatic rings. The number of carboxylic acid groups (broad SMARTS) is 1. The number of rotatable bonds is 10. The molecule has 0 aliphatic carbocycles. The average Bonchev–Trinajstić information content (AvgIpc) is 2.99. The molecule has 0 aromatic heterocycles. The first-order chi connectivity index (χ1) is 20.6. The Morgan fingerprint density at radius 1 is 0.837 bits per heavy atom. The quantitative estimate of drug-likeness (QED) is 0.114. The molecule has 218 valence electrons. The first kappa shape index (κ1) is 31.1. The van der Waals surface area contributed by atoms with E-state index in [0.29, 0.717) is 16.9 Å². The van der Waals surface area contributed by atoms with Crippen LogP contribution in [0.1, 0.15) is 38.8 Å². The lowest BCUT2D eigenvalue weighted by molar-refractivity contribution is -0.115. The summed E-state index contributed by atoms with van der Waals surface area (Å²) in [6, 6.07) is 27.4. The highest BCUT2D eigenvalue weighted by molar-refractivity contribution is 8.00. The summed E-state index contributed by atoms with van der Waals surface area (Å²) in [6.45, 7) is 3.66. The van der Waals surface area contributed by atoms with Gasteiger partial charge in [-0.2, -0.15) is 0 Å². The third kappa shape index (κ3) is 8.81. The molecule has 4 rings (SSSR count). The number of carbonyl (C=O) groups is 4. The molecule has 0 bridgehead atoms. The van der Waals surface area contributed by atoms with Crippen molar-refractivity contribution in [1.82, 2.24) is 5.32 Å². The van der Waals surface area contributed by atoms with Gasteiger partial charge in [0.2, 0.25) is 5.91 Å². The fourth-order valence-corrected chi connectivity index (χ4v) is 5.02. The third-order valence-electron chi connectivity index (χ3n) is 6.14. The number of halogens is 1. The number of benzene rings is 4. The van der Waals surface area contributed by atoms with Gasteiger partial charge in [-0.05, 0) is 80.1 Å². The Labute approximate surface area is 258 Å². The van der Waals surface area contributed by atoms with Crippen LogP contribution in [-0.4, -0.2) is 34.0 Å². The van der Waals surface area contributed by atoms with Gasteiger partial charge in [0.15, 0.2) is 0 Å². The van der Waals surface area contributed by atoms with Gasteiger partial charge in [-0.15, -0.1) is 11.8 Å². The summed E-state index contributed by atoms with van der Waals surface area (Å²) in [5, 5.41) is 17.1. The van der Waals surface area contributed by atoms with Crippen LogP contribution in [0.25, 0.3) is 6.08 Å². The van der Waals surface area contributed by atoms with Gasteiger partial charge >= 0.3 is 5.97 Å². The van der Waals surface area contributed by atoms with Gasteiger partial charge in [0.1, 0.15) is 5.70 Å². The van der Waals surface area contributed by atoms with E-state index in [9.17, 15) is 24.3 Å². The van der Waals surface area contributed by atoms with Crippen molar-refractivity contribution in [3.05, 3.63) is 130 Å². The fourth-order valence-electron chi connectivity index (χ4n) is 3.95. The molecular formula is C33H28ClN3O5S. The van der Waals surface area contributed by atoms with Gasteiger partial charge in [-0.25, -0.2) is 4.79 Å². The number of amides is 3. The maximum absolute atomic E-state index is 13.3. The minimum absolute atomic E-state index is 0.0800. The second kappa shape index (κ2) is 14.4. The molecule has 10 heteroatoms. The highest BCUT2D eigenvalue weighted by Gasteiger charge is 2.18. The van der Waals surface area contributed by atoms with Gasteiger partial charge in [-0.1, -0.05) is 59.6 Å². The van der Waals surface area contributed by atoms with E-state index < -0.39 is 23.0 Å². The smallest absolute Gasteiger partial charge is 0.337 e. The van der Waals surface area contributed by atoms with Crippen molar-refractivity contribution in [1.29, 1.82) is 0 Å². The zero-order valence-corrected chi connectivity index (χ0v) is 24.8. The topological polar surface area (TPSA) is 125 Å². The first-order valence-electron chi connectivity index (χ1n) is 13.2. The number of nitrogens with one attached hydrogen (secondary N) is 3. The molecule has 0 saturated heterocycles. The van der Waals surface area contributed by atoms with Crippen LogP contribution in [-0.2, 0) is 9.59 Å². The molecule has 0 saturated carbocycles. The number of hydrogen-bond acceptors (Lipinski definition) is 5. The number of thioether (sulfide) groups is 1. The molecule has 0 spiro atoms. The zero-order chi connectivity index (χ0) is 30.9. The van der Waals surface area contributed by atoms with Crippen LogP contribution in [0.2, 0.25) is 5.02 Å². The van der Waals surface area contributed by atoms with Crippen LogP contribution in [0.15, 0.2) is 108 Å². The first-order valence-corrected chi connectivity index (χ1v) is 14.4. The summed E-state index contributed by atoms with van der Waals surface area (Å²) in [5.41, 5.74) is 2.99. The highest BCUT2D eigenvalue weighted by atomic mass is 35.5. The van der Waals surface area contributed by atoms with E-state index in [1.54, 1.807) is 67.6 Å². The van der Waals surface area contributed by atoms with Crippen molar-refractivity contribution >= 4 is 64.5 Å². The van der Waals surface area contributed by atoms with Crippen LogP contribution in [0.3, 0.4) is 0 Å². The predicted molar refractivity (Wildman–Crippen MR) is 170 cm³/mol. The minimum Gasteiger partial charge on any atom is -0.478 e. The monoisotopic (exact) mass is 613 g/mol. The Balaban J connectivity index is 1.42. The van der Waals surface area contributed by atoms with E-state index in [4.69, 9.17) is 11.6 Å². The Kier molecular flexibility index (Phi) is 10.4. The van der Waals surface area contributed by atoms with Crippen molar-refractivity contribution in [2.75, 3.05) is 10.6 Å². The lowest BCUT2D eigenvalue weighted by Gasteiger charge is -2.14. The molecule has 3 amide bonds. The van der Waals surface area contributed by atoms with Gasteiger partial charge in [0.05, 0.1) is 15.8 Å². The number of anilines is 2. The molecule has 0 heterocycles. The van der Waals surface area contributed by atoms with Crippen LogP contribution >= 0.6 is 23.4 Å². The Hall–Kier alpha value is -4.86. The molecule has 1 unspecified atom stereocenters. The summed E-state index contributed by atoms with van der Waals surface area (Å²) in [5.74, 6) is -2.41. The van der Waals surface area contributed by atoms with E-state index in [-0.39, 0.29) is 22.2 Å². The molecule has 4 N–H and O–H groups in total. The zero-order valence-electron chi connectivity index (χ0n) is 23.3. The number of aryl methyl sites for hydroxylation is 1. The van der Waals surface area contributed by atoms with Crippen molar-refractivity contribution in [2.24, 2.45) is 0 Å². The van der Waals surface area contributed by atoms with Crippen LogP contribution in [0.5, 0.6) is 0 Å². The Bertz CT molecular complexity index is 1690. The summed E-state index contributed by atoms with van der Waals surface area (Å²) in [7, 11) is 0. The standard InChI is InChI=1S/C33H28ClN3O5S/c1-20-7-6-8-22(17-20)18-29(37-31(39)23-9-4-3-5-10-23)32(40)35-24-11-14-26(15-12-24)43-21(2)30(38)36-25-13-16-28(34)27(19-25)33(41)42/h3-19,21H,1-2H3,(H,35,40)(H,36,38)(H,37,39)(H,41,42)/b29-18-. The predicted octanol–water partition coefficient (Wildman–Crippen LogP) is 6.88. The van der Waals surface area contributed by atoms with E-state index in [1.807, 2.05) is 31.2 Å². The van der Waals surface area contributed by atoms with Gasteiger partial charge in [0.25, 0.3) is 11.8 Å². The second-order valence-electron chi connectivity index (χ2n) is 9.52. The Morgan fingerprint density at radius 3 is 2.21 bits per heavy atom. The van der Waals surface area contributed by atoms with Crippen LogP contribution in [0.4, 0.5) is 11.4 Å². The van der Waals surface area contributed by atoms with Crippen molar-refractivity contribution in [3.8, 4) is 0 Å². The van der Waals surface area contributed by atoms with Crippen LogP contribution in [0, 0.1) is 6.92 Å². The largest absolute Gasteiger partial charge is 0.478 e. The van der Waals surface area contributed by atoms with E-state index in [1.165, 1.54) is 30.0 Å². The summed E-state index contributed by atoms with van der Waals surface area (Å²) >= 11 is 7.20. The second-order valence-corrected chi connectivity index (χ2v) is 11.3. The fraction of sp³-hybridized carbons (Fsp3) is 0.0909. The molecule has 1 atom stereocenters. The number of carboxylic acids is 1. The lowest BCUT2D eigenvalue weighted by Crippen LogP contribution is -2.30. The lowest BCUT2D eigenvalue weighted by atomic mass is 10.1. The Morgan fingerprint density at radius 2 is 1.53 bits per heavy atom. The minimum atomic E-state index is -1.19. The highest BCUT2D eigenvalue weighted by Crippen LogP contribution is 2.27. The number of carbonyl (C=O) groups excluding carboxylic acids is 3. The van der Waals surface area contributed by atoms with Gasteiger partial charge in [0, 0.05) is 21.8 Å². The molecule has 0 radical (unpaired) electrons. The van der Waals surface area contributed by atoms with E-state index in [2.05, 4.69) is 16.0 Å². The maximum Gasteiger partial charge on any atom is 0.337 e. The molecular weight excluding hydrogens is 586 g/mol. The summed E-state index contributed by atoms with van der Waals surface area (Å²) in [6.07, 6.45) is 1.62. The average molecular weight is 614 g/mol.